The molecule has 7 heteroatoms. The molecule has 2 heterocycles. The summed E-state index contributed by atoms with van der Waals surface area (Å²) in [5.41, 5.74) is 5.25. The average Bonchev–Trinajstić information content (AvgIpc) is 3.21. The van der Waals surface area contributed by atoms with Gasteiger partial charge in [-0.05, 0) is 55.7 Å². The molecule has 2 N–H and O–H groups in total. The second-order valence-electron chi connectivity index (χ2n) is 6.72. The first-order valence-electron chi connectivity index (χ1n) is 9.53. The normalized spacial score (nSPS) is 18.4. The number of rotatable bonds is 7. The van der Waals surface area contributed by atoms with Crippen LogP contribution in [0.2, 0.25) is 0 Å². The maximum Gasteiger partial charge on any atom is 0.186 e. The van der Waals surface area contributed by atoms with Crippen molar-refractivity contribution in [1.29, 1.82) is 0 Å². The number of thiocarbonyl (C=S) groups is 1. The Hall–Kier alpha value is -1.70. The van der Waals surface area contributed by atoms with E-state index in [2.05, 4.69) is 49.9 Å². The molecule has 26 heavy (non-hydrogen) atoms. The number of anilines is 1. The van der Waals surface area contributed by atoms with Gasteiger partial charge in [-0.15, -0.1) is 0 Å². The summed E-state index contributed by atoms with van der Waals surface area (Å²) in [5.74, 6) is 0. The van der Waals surface area contributed by atoms with Gasteiger partial charge in [0, 0.05) is 38.4 Å². The van der Waals surface area contributed by atoms with Gasteiger partial charge in [0.25, 0.3) is 0 Å². The fourth-order valence-electron chi connectivity index (χ4n) is 3.28. The third-order valence-electron chi connectivity index (χ3n) is 4.78. The number of benzene rings is 1. The molecule has 0 atom stereocenters. The lowest BCUT2D eigenvalue weighted by Gasteiger charge is -2.26. The highest BCUT2D eigenvalue weighted by Gasteiger charge is 2.11. The summed E-state index contributed by atoms with van der Waals surface area (Å²) < 4.78 is 5.35. The number of nitrogens with zero attached hydrogens (tertiary/aromatic N) is 3. The minimum Gasteiger partial charge on any atom is -0.379 e. The molecule has 1 aromatic carbocycles. The van der Waals surface area contributed by atoms with Gasteiger partial charge in [0.2, 0.25) is 0 Å². The highest BCUT2D eigenvalue weighted by molar-refractivity contribution is 7.80. The first kappa shape index (κ1) is 19.1. The third-order valence-corrected chi connectivity index (χ3v) is 5.02. The Morgan fingerprint density at radius 1 is 1.12 bits per heavy atom. The second kappa shape index (κ2) is 10.4. The Bertz CT molecular complexity index is 580. The fourth-order valence-corrected chi connectivity index (χ4v) is 3.44. The number of hydrogen-bond donors (Lipinski definition) is 2. The quantitative estimate of drug-likeness (QED) is 0.328. The molecule has 0 unspecified atom stereocenters. The molecular weight excluding hydrogens is 346 g/mol. The van der Waals surface area contributed by atoms with Crippen molar-refractivity contribution < 1.29 is 4.74 Å². The van der Waals surface area contributed by atoms with E-state index in [1.54, 1.807) is 6.21 Å². The summed E-state index contributed by atoms with van der Waals surface area (Å²) in [6, 6.07) is 8.51. The van der Waals surface area contributed by atoms with Crippen molar-refractivity contribution in [3.63, 3.8) is 0 Å². The third kappa shape index (κ3) is 6.23. The van der Waals surface area contributed by atoms with Gasteiger partial charge >= 0.3 is 0 Å². The summed E-state index contributed by atoms with van der Waals surface area (Å²) in [6.45, 7) is 8.02. The van der Waals surface area contributed by atoms with Crippen LogP contribution < -0.4 is 15.6 Å². The summed E-state index contributed by atoms with van der Waals surface area (Å²) in [4.78, 5) is 4.85. The highest BCUT2D eigenvalue weighted by atomic mass is 32.1. The lowest BCUT2D eigenvalue weighted by atomic mass is 10.2. The van der Waals surface area contributed by atoms with Crippen molar-refractivity contribution in [1.82, 2.24) is 15.6 Å². The van der Waals surface area contributed by atoms with E-state index in [-0.39, 0.29) is 0 Å². The summed E-state index contributed by atoms with van der Waals surface area (Å²) >= 11 is 5.26. The standard InChI is InChI=1S/C19H29N5OS/c26-19(20-8-3-9-23-12-14-25-15-13-23)22-21-16-17-4-6-18(7-5-17)24-10-1-2-11-24/h4-7,16H,1-3,8-15H2,(H2,20,22,26)/b21-16+. The summed E-state index contributed by atoms with van der Waals surface area (Å²) in [6.07, 6.45) is 5.45. The van der Waals surface area contributed by atoms with Gasteiger partial charge < -0.3 is 15.0 Å². The maximum atomic E-state index is 5.35. The predicted octanol–water partition coefficient (Wildman–Crippen LogP) is 1.81. The summed E-state index contributed by atoms with van der Waals surface area (Å²) in [5, 5.41) is 7.98. The molecule has 2 aliphatic heterocycles. The number of ether oxygens (including phenoxy) is 1. The molecule has 3 rings (SSSR count). The Balaban J connectivity index is 1.30. The van der Waals surface area contributed by atoms with E-state index in [0.717, 1.165) is 51.4 Å². The molecule has 0 spiro atoms. The zero-order chi connectivity index (χ0) is 18.0. The molecule has 0 saturated carbocycles. The van der Waals surface area contributed by atoms with Gasteiger partial charge in [0.1, 0.15) is 0 Å². The van der Waals surface area contributed by atoms with Crippen LogP contribution in [-0.4, -0.2) is 68.7 Å². The monoisotopic (exact) mass is 375 g/mol. The van der Waals surface area contributed by atoms with Crippen LogP contribution in [0, 0.1) is 0 Å². The molecule has 2 fully saturated rings. The first-order chi connectivity index (χ1) is 12.8. The Morgan fingerprint density at radius 2 is 1.85 bits per heavy atom. The Morgan fingerprint density at radius 3 is 2.58 bits per heavy atom. The molecule has 2 aliphatic rings. The predicted molar refractivity (Wildman–Crippen MR) is 111 cm³/mol. The van der Waals surface area contributed by atoms with Crippen LogP contribution in [0.1, 0.15) is 24.8 Å². The van der Waals surface area contributed by atoms with Crippen molar-refractivity contribution in [3.05, 3.63) is 29.8 Å². The number of nitrogens with one attached hydrogen (secondary N) is 2. The van der Waals surface area contributed by atoms with Crippen LogP contribution in [0.4, 0.5) is 5.69 Å². The number of morpholine rings is 1. The van der Waals surface area contributed by atoms with Gasteiger partial charge in [-0.25, -0.2) is 0 Å². The van der Waals surface area contributed by atoms with Crippen molar-refractivity contribution in [2.24, 2.45) is 5.10 Å². The average molecular weight is 376 g/mol. The van der Waals surface area contributed by atoms with Crippen LogP contribution in [0.5, 0.6) is 0 Å². The van der Waals surface area contributed by atoms with Gasteiger partial charge in [-0.3, -0.25) is 10.3 Å². The molecule has 0 amide bonds. The SMILES string of the molecule is S=C(NCCCN1CCOCC1)N/N=C/c1ccc(N2CCCC2)cc1. The molecule has 0 bridgehead atoms. The number of hydrogen-bond acceptors (Lipinski definition) is 5. The van der Waals surface area contributed by atoms with Crippen molar-refractivity contribution >= 4 is 29.2 Å². The largest absolute Gasteiger partial charge is 0.379 e. The molecule has 0 aromatic heterocycles. The molecule has 1 aromatic rings. The van der Waals surface area contributed by atoms with Gasteiger partial charge in [0.05, 0.1) is 19.4 Å². The van der Waals surface area contributed by atoms with Crippen LogP contribution in [0.25, 0.3) is 0 Å². The lowest BCUT2D eigenvalue weighted by molar-refractivity contribution is 0.0376. The zero-order valence-electron chi connectivity index (χ0n) is 15.3. The van der Waals surface area contributed by atoms with Crippen LogP contribution >= 0.6 is 12.2 Å². The van der Waals surface area contributed by atoms with E-state index in [1.807, 2.05) is 0 Å². The zero-order valence-corrected chi connectivity index (χ0v) is 16.1. The number of hydrazone groups is 1. The maximum absolute atomic E-state index is 5.35. The van der Waals surface area contributed by atoms with E-state index in [9.17, 15) is 0 Å². The van der Waals surface area contributed by atoms with Gasteiger partial charge in [-0.2, -0.15) is 5.10 Å². The highest BCUT2D eigenvalue weighted by Crippen LogP contribution is 2.19. The van der Waals surface area contributed by atoms with Crippen molar-refractivity contribution in [3.8, 4) is 0 Å². The second-order valence-corrected chi connectivity index (χ2v) is 7.13. The molecule has 142 valence electrons. The van der Waals surface area contributed by atoms with E-state index in [0.29, 0.717) is 5.11 Å². The topological polar surface area (TPSA) is 52.1 Å². The Labute approximate surface area is 161 Å². The van der Waals surface area contributed by atoms with E-state index in [4.69, 9.17) is 17.0 Å². The van der Waals surface area contributed by atoms with Gasteiger partial charge in [0.15, 0.2) is 5.11 Å². The fraction of sp³-hybridized carbons (Fsp3) is 0.579. The molecule has 0 radical (unpaired) electrons. The summed E-state index contributed by atoms with van der Waals surface area (Å²) in [7, 11) is 0. The first-order valence-corrected chi connectivity index (χ1v) is 9.94. The molecule has 2 saturated heterocycles. The van der Waals surface area contributed by atoms with Crippen molar-refractivity contribution in [2.45, 2.75) is 19.3 Å². The lowest BCUT2D eigenvalue weighted by Crippen LogP contribution is -2.39. The minimum atomic E-state index is 0.567. The van der Waals surface area contributed by atoms with E-state index < -0.39 is 0 Å². The smallest absolute Gasteiger partial charge is 0.186 e. The van der Waals surface area contributed by atoms with Crippen LogP contribution in [0.3, 0.4) is 0 Å². The molecular formula is C19H29N5OS. The molecule has 6 nitrogen and oxygen atoms in total. The van der Waals surface area contributed by atoms with Crippen LogP contribution in [-0.2, 0) is 4.74 Å². The minimum absolute atomic E-state index is 0.567. The Kier molecular flexibility index (Phi) is 7.66. The van der Waals surface area contributed by atoms with E-state index in [1.165, 1.54) is 31.6 Å². The van der Waals surface area contributed by atoms with E-state index >= 15 is 0 Å². The molecule has 0 aliphatic carbocycles. The van der Waals surface area contributed by atoms with Gasteiger partial charge in [-0.1, -0.05) is 12.1 Å². The van der Waals surface area contributed by atoms with Crippen LogP contribution in [0.15, 0.2) is 29.4 Å². The van der Waals surface area contributed by atoms with Crippen molar-refractivity contribution in [2.75, 3.05) is 57.4 Å².